The molecule has 1 N–H and O–H groups in total. The van der Waals surface area contributed by atoms with Crippen LogP contribution in [0.2, 0.25) is 5.02 Å². The predicted molar refractivity (Wildman–Crippen MR) is 78.6 cm³/mol. The highest BCUT2D eigenvalue weighted by Gasteiger charge is 2.18. The van der Waals surface area contributed by atoms with Crippen LogP contribution in [-0.4, -0.2) is 28.6 Å². The summed E-state index contributed by atoms with van der Waals surface area (Å²) in [5.74, 6) is -0.733. The van der Waals surface area contributed by atoms with Crippen molar-refractivity contribution in [1.82, 2.24) is 4.90 Å². The van der Waals surface area contributed by atoms with E-state index in [2.05, 4.69) is 25.7 Å². The van der Waals surface area contributed by atoms with E-state index in [1.165, 1.54) is 5.56 Å². The van der Waals surface area contributed by atoms with E-state index in [0.29, 0.717) is 12.5 Å². The fourth-order valence-corrected chi connectivity index (χ4v) is 2.37. The van der Waals surface area contributed by atoms with Crippen molar-refractivity contribution in [3.63, 3.8) is 0 Å². The molecule has 0 spiro atoms. The number of benzene rings is 1. The van der Waals surface area contributed by atoms with Gasteiger partial charge in [0, 0.05) is 23.5 Å². The molecule has 0 aliphatic rings. The summed E-state index contributed by atoms with van der Waals surface area (Å²) in [5, 5.41) is 9.45. The second-order valence-corrected chi connectivity index (χ2v) is 5.49. The van der Waals surface area contributed by atoms with Crippen molar-refractivity contribution in [1.29, 1.82) is 0 Å². The summed E-state index contributed by atoms with van der Waals surface area (Å²) in [6.45, 7) is 7.19. The zero-order valence-electron chi connectivity index (χ0n) is 11.8. The number of nitrogens with zero attached hydrogens (tertiary/aromatic N) is 1. The molecule has 1 aromatic carbocycles. The van der Waals surface area contributed by atoms with Gasteiger partial charge in [-0.1, -0.05) is 23.7 Å². The Morgan fingerprint density at radius 2 is 1.84 bits per heavy atom. The highest BCUT2D eigenvalue weighted by molar-refractivity contribution is 6.30. The Hall–Kier alpha value is -1.06. The Morgan fingerprint density at radius 3 is 2.32 bits per heavy atom. The van der Waals surface area contributed by atoms with E-state index in [4.69, 9.17) is 16.7 Å². The van der Waals surface area contributed by atoms with Crippen LogP contribution in [0.15, 0.2) is 24.3 Å². The standard InChI is InChI=1S/C15H22ClNO2/c1-11(2)17(10-4-5-15(18)19)12(3)13-6-8-14(16)9-7-13/h6-9,11-12H,4-5,10H2,1-3H3,(H,18,19). The summed E-state index contributed by atoms with van der Waals surface area (Å²) in [6, 6.07) is 8.47. The zero-order chi connectivity index (χ0) is 14.4. The molecule has 1 atom stereocenters. The Balaban J connectivity index is 2.69. The largest absolute Gasteiger partial charge is 0.481 e. The lowest BCUT2D eigenvalue weighted by Gasteiger charge is -2.33. The van der Waals surface area contributed by atoms with E-state index in [-0.39, 0.29) is 12.5 Å². The van der Waals surface area contributed by atoms with Gasteiger partial charge in [0.2, 0.25) is 0 Å². The van der Waals surface area contributed by atoms with Gasteiger partial charge in [0.1, 0.15) is 0 Å². The molecule has 0 fully saturated rings. The van der Waals surface area contributed by atoms with Gasteiger partial charge in [0.05, 0.1) is 0 Å². The van der Waals surface area contributed by atoms with Crippen LogP contribution in [0.5, 0.6) is 0 Å². The summed E-state index contributed by atoms with van der Waals surface area (Å²) in [5.41, 5.74) is 1.20. The average molecular weight is 284 g/mol. The molecular formula is C15H22ClNO2. The lowest BCUT2D eigenvalue weighted by molar-refractivity contribution is -0.137. The molecule has 0 saturated carbocycles. The smallest absolute Gasteiger partial charge is 0.303 e. The highest BCUT2D eigenvalue weighted by atomic mass is 35.5. The number of rotatable bonds is 7. The molecule has 0 radical (unpaired) electrons. The fourth-order valence-electron chi connectivity index (χ4n) is 2.24. The van der Waals surface area contributed by atoms with Crippen LogP contribution in [0.1, 0.15) is 45.2 Å². The van der Waals surface area contributed by atoms with Crippen LogP contribution in [-0.2, 0) is 4.79 Å². The Bertz CT molecular complexity index is 403. The minimum absolute atomic E-state index is 0.219. The van der Waals surface area contributed by atoms with Crippen LogP contribution >= 0.6 is 11.6 Å². The van der Waals surface area contributed by atoms with Crippen molar-refractivity contribution in [3.05, 3.63) is 34.9 Å². The summed E-state index contributed by atoms with van der Waals surface area (Å²) < 4.78 is 0. The molecule has 3 nitrogen and oxygen atoms in total. The molecule has 0 amide bonds. The fraction of sp³-hybridized carbons (Fsp3) is 0.533. The third-order valence-electron chi connectivity index (χ3n) is 3.32. The molecule has 0 bridgehead atoms. The molecule has 0 aliphatic heterocycles. The molecule has 1 unspecified atom stereocenters. The molecule has 0 aliphatic carbocycles. The van der Waals surface area contributed by atoms with E-state index >= 15 is 0 Å². The van der Waals surface area contributed by atoms with Gasteiger partial charge in [-0.05, 0) is 51.4 Å². The zero-order valence-corrected chi connectivity index (χ0v) is 12.5. The molecule has 1 rings (SSSR count). The van der Waals surface area contributed by atoms with Gasteiger partial charge in [-0.15, -0.1) is 0 Å². The van der Waals surface area contributed by atoms with Crippen LogP contribution in [0.25, 0.3) is 0 Å². The molecule has 106 valence electrons. The number of aliphatic carboxylic acids is 1. The van der Waals surface area contributed by atoms with Crippen molar-refractivity contribution >= 4 is 17.6 Å². The summed E-state index contributed by atoms with van der Waals surface area (Å²) in [4.78, 5) is 12.9. The molecular weight excluding hydrogens is 262 g/mol. The van der Waals surface area contributed by atoms with Gasteiger partial charge in [-0.2, -0.15) is 0 Å². The minimum atomic E-state index is -0.733. The van der Waals surface area contributed by atoms with E-state index in [0.717, 1.165) is 11.6 Å². The lowest BCUT2D eigenvalue weighted by atomic mass is 10.0. The van der Waals surface area contributed by atoms with Crippen LogP contribution < -0.4 is 0 Å². The number of hydrogen-bond acceptors (Lipinski definition) is 2. The molecule has 1 aromatic rings. The van der Waals surface area contributed by atoms with E-state index in [1.807, 2.05) is 24.3 Å². The maximum atomic E-state index is 10.6. The summed E-state index contributed by atoms with van der Waals surface area (Å²) in [6.07, 6.45) is 0.891. The number of carboxylic acids is 1. The highest BCUT2D eigenvalue weighted by Crippen LogP contribution is 2.24. The van der Waals surface area contributed by atoms with E-state index in [9.17, 15) is 4.79 Å². The van der Waals surface area contributed by atoms with Gasteiger partial charge in [0.25, 0.3) is 0 Å². The van der Waals surface area contributed by atoms with Gasteiger partial charge < -0.3 is 5.11 Å². The van der Waals surface area contributed by atoms with Crippen molar-refractivity contribution < 1.29 is 9.90 Å². The second-order valence-electron chi connectivity index (χ2n) is 5.06. The first-order valence-corrected chi connectivity index (χ1v) is 7.02. The van der Waals surface area contributed by atoms with Crippen molar-refractivity contribution in [2.45, 2.75) is 45.7 Å². The maximum Gasteiger partial charge on any atom is 0.303 e. The Kier molecular flexibility index (Phi) is 6.32. The molecule has 0 heterocycles. The second kappa shape index (κ2) is 7.51. The molecule has 19 heavy (non-hydrogen) atoms. The predicted octanol–water partition coefficient (Wildman–Crippen LogP) is 3.98. The first-order valence-electron chi connectivity index (χ1n) is 6.64. The first-order chi connectivity index (χ1) is 8.91. The van der Waals surface area contributed by atoms with Gasteiger partial charge in [0.15, 0.2) is 0 Å². The lowest BCUT2D eigenvalue weighted by Crippen LogP contribution is -2.34. The molecule has 0 saturated heterocycles. The van der Waals surface area contributed by atoms with Crippen LogP contribution in [0.4, 0.5) is 0 Å². The van der Waals surface area contributed by atoms with Crippen molar-refractivity contribution in [2.75, 3.05) is 6.54 Å². The van der Waals surface area contributed by atoms with Gasteiger partial charge >= 0.3 is 5.97 Å². The van der Waals surface area contributed by atoms with Crippen molar-refractivity contribution in [2.24, 2.45) is 0 Å². The number of hydrogen-bond donors (Lipinski definition) is 1. The number of carboxylic acid groups (broad SMARTS) is 1. The SMILES string of the molecule is CC(C)N(CCCC(=O)O)C(C)c1ccc(Cl)cc1. The summed E-state index contributed by atoms with van der Waals surface area (Å²) in [7, 11) is 0. The Labute approximate surface area is 120 Å². The number of carbonyl (C=O) groups is 1. The third kappa shape index (κ3) is 5.21. The quantitative estimate of drug-likeness (QED) is 0.823. The summed E-state index contributed by atoms with van der Waals surface area (Å²) >= 11 is 5.90. The normalized spacial score (nSPS) is 12.9. The Morgan fingerprint density at radius 1 is 1.26 bits per heavy atom. The van der Waals surface area contributed by atoms with E-state index in [1.54, 1.807) is 0 Å². The number of halogens is 1. The third-order valence-corrected chi connectivity index (χ3v) is 3.57. The van der Waals surface area contributed by atoms with Gasteiger partial charge in [-0.3, -0.25) is 9.69 Å². The van der Waals surface area contributed by atoms with Crippen molar-refractivity contribution in [3.8, 4) is 0 Å². The minimum Gasteiger partial charge on any atom is -0.481 e. The molecule has 0 aromatic heterocycles. The van der Waals surface area contributed by atoms with Crippen LogP contribution in [0.3, 0.4) is 0 Å². The molecule has 4 heteroatoms. The topological polar surface area (TPSA) is 40.5 Å². The van der Waals surface area contributed by atoms with E-state index < -0.39 is 5.97 Å². The average Bonchev–Trinajstić information content (AvgIpc) is 2.34. The van der Waals surface area contributed by atoms with Crippen LogP contribution in [0, 0.1) is 0 Å². The van der Waals surface area contributed by atoms with Gasteiger partial charge in [-0.25, -0.2) is 0 Å². The maximum absolute atomic E-state index is 10.6. The monoisotopic (exact) mass is 283 g/mol. The first kappa shape index (κ1) is 16.0.